The van der Waals surface area contributed by atoms with Gasteiger partial charge < -0.3 is 37.4 Å². The number of likely N-dealkylation sites (tertiary alicyclic amines) is 1. The Balaban J connectivity index is 2.38. The number of hydrogen-bond acceptors (Lipinski definition) is 6. The molecule has 0 aromatic heterocycles. The smallest absolute Gasteiger partial charge is 0.305 e. The molecule has 1 unspecified atom stereocenters. The third kappa shape index (κ3) is 11.4. The van der Waals surface area contributed by atoms with E-state index in [-0.39, 0.29) is 30.7 Å². The van der Waals surface area contributed by atoms with Crippen molar-refractivity contribution < 1.29 is 29.1 Å². The molecule has 174 valence electrons. The average Bonchev–Trinajstić information content (AvgIpc) is 3.24. The molecule has 0 bridgehead atoms. The van der Waals surface area contributed by atoms with Crippen molar-refractivity contribution in [2.75, 3.05) is 32.7 Å². The van der Waals surface area contributed by atoms with E-state index < -0.39 is 36.8 Å². The van der Waals surface area contributed by atoms with Crippen LogP contribution in [0.1, 0.15) is 38.5 Å². The number of aliphatic carboxylic acids is 1. The Bertz CT molecular complexity index is 687. The molecular formula is C18H31N7O6. The largest absolute Gasteiger partial charge is 0.481 e. The summed E-state index contributed by atoms with van der Waals surface area (Å²) >= 11 is 0. The van der Waals surface area contributed by atoms with Gasteiger partial charge in [-0.1, -0.05) is 0 Å². The predicted molar refractivity (Wildman–Crippen MR) is 111 cm³/mol. The summed E-state index contributed by atoms with van der Waals surface area (Å²) < 4.78 is 0. The standard InChI is InChI=1S/C18H31N7O6/c19-18(20)21-6-2-1-5-13(26)22-10-14(27)24-12(9-16(29)30)17(31)23-11-15(28)25-7-3-4-8-25/h12H,1-11H2,(H,22,26)(H,23,31)(H,24,27)(H,29,30)(H4,19,20,21). The third-order valence-electron chi connectivity index (χ3n) is 4.46. The summed E-state index contributed by atoms with van der Waals surface area (Å²) in [6, 6.07) is -1.37. The number of rotatable bonds is 13. The first kappa shape index (κ1) is 25.7. The number of aliphatic imine (C=N–C) groups is 1. The van der Waals surface area contributed by atoms with Crippen LogP contribution >= 0.6 is 0 Å². The Morgan fingerprint density at radius 1 is 0.968 bits per heavy atom. The number of guanidine groups is 1. The number of unbranched alkanes of at least 4 members (excludes halogenated alkanes) is 1. The average molecular weight is 441 g/mol. The first-order valence-corrected chi connectivity index (χ1v) is 10.1. The van der Waals surface area contributed by atoms with Crippen molar-refractivity contribution in [3.8, 4) is 0 Å². The molecule has 0 aromatic carbocycles. The maximum Gasteiger partial charge on any atom is 0.305 e. The number of nitrogens with one attached hydrogen (secondary N) is 3. The molecule has 1 atom stereocenters. The number of hydrogen-bond donors (Lipinski definition) is 6. The minimum atomic E-state index is -1.37. The van der Waals surface area contributed by atoms with E-state index in [1.807, 2.05) is 0 Å². The maximum absolute atomic E-state index is 12.2. The van der Waals surface area contributed by atoms with Crippen LogP contribution in [0.5, 0.6) is 0 Å². The molecule has 1 fully saturated rings. The number of nitrogens with two attached hydrogens (primary N) is 2. The maximum atomic E-state index is 12.2. The molecule has 8 N–H and O–H groups in total. The SMILES string of the molecule is NC(N)=NCCCCC(=O)NCC(=O)NC(CC(=O)O)C(=O)NCC(=O)N1CCCC1. The van der Waals surface area contributed by atoms with Crippen LogP contribution in [0.15, 0.2) is 4.99 Å². The Hall–Kier alpha value is -3.38. The molecule has 0 saturated carbocycles. The van der Waals surface area contributed by atoms with E-state index in [1.54, 1.807) is 4.90 Å². The highest BCUT2D eigenvalue weighted by Gasteiger charge is 2.25. The number of carboxylic acid groups (broad SMARTS) is 1. The van der Waals surface area contributed by atoms with Crippen LogP contribution in [0.4, 0.5) is 0 Å². The summed E-state index contributed by atoms with van der Waals surface area (Å²) in [6.45, 7) is 0.947. The summed E-state index contributed by atoms with van der Waals surface area (Å²) in [5, 5.41) is 16.0. The third-order valence-corrected chi connectivity index (χ3v) is 4.46. The molecule has 0 aromatic rings. The van der Waals surface area contributed by atoms with Gasteiger partial charge in [-0.05, 0) is 25.7 Å². The van der Waals surface area contributed by atoms with Crippen molar-refractivity contribution in [1.29, 1.82) is 0 Å². The highest BCUT2D eigenvalue weighted by atomic mass is 16.4. The van der Waals surface area contributed by atoms with Crippen LogP contribution < -0.4 is 27.4 Å². The number of carbonyl (C=O) groups excluding carboxylic acids is 4. The fourth-order valence-corrected chi connectivity index (χ4v) is 2.87. The lowest BCUT2D eigenvalue weighted by Crippen LogP contribution is -2.51. The number of amides is 4. The van der Waals surface area contributed by atoms with E-state index in [0.29, 0.717) is 32.5 Å². The van der Waals surface area contributed by atoms with Crippen LogP contribution in [0.3, 0.4) is 0 Å². The highest BCUT2D eigenvalue weighted by molar-refractivity contribution is 5.94. The van der Waals surface area contributed by atoms with Gasteiger partial charge in [0, 0.05) is 26.1 Å². The van der Waals surface area contributed by atoms with Crippen molar-refractivity contribution in [2.45, 2.75) is 44.6 Å². The Morgan fingerprint density at radius 3 is 2.26 bits per heavy atom. The number of carbonyl (C=O) groups is 5. The quantitative estimate of drug-likeness (QED) is 0.0999. The summed E-state index contributed by atoms with van der Waals surface area (Å²) in [6.07, 6.45) is 2.41. The molecule has 31 heavy (non-hydrogen) atoms. The lowest BCUT2D eigenvalue weighted by Gasteiger charge is -2.19. The molecule has 1 heterocycles. The van der Waals surface area contributed by atoms with Gasteiger partial charge in [0.2, 0.25) is 23.6 Å². The van der Waals surface area contributed by atoms with Crippen molar-refractivity contribution >= 4 is 35.6 Å². The molecule has 1 aliphatic rings. The van der Waals surface area contributed by atoms with E-state index in [1.165, 1.54) is 0 Å². The molecule has 0 spiro atoms. The van der Waals surface area contributed by atoms with Gasteiger partial charge in [0.15, 0.2) is 5.96 Å². The molecule has 1 aliphatic heterocycles. The fraction of sp³-hybridized carbons (Fsp3) is 0.667. The second kappa shape index (κ2) is 13.8. The molecule has 13 nitrogen and oxygen atoms in total. The zero-order valence-electron chi connectivity index (χ0n) is 17.4. The minimum Gasteiger partial charge on any atom is -0.481 e. The van der Waals surface area contributed by atoms with Crippen LogP contribution in [-0.4, -0.2) is 84.3 Å². The van der Waals surface area contributed by atoms with Gasteiger partial charge in [-0.15, -0.1) is 0 Å². The van der Waals surface area contributed by atoms with E-state index in [0.717, 1.165) is 12.8 Å². The van der Waals surface area contributed by atoms with Crippen LogP contribution in [0, 0.1) is 0 Å². The molecule has 0 aliphatic carbocycles. The Kier molecular flexibility index (Phi) is 11.4. The molecule has 4 amide bonds. The zero-order valence-corrected chi connectivity index (χ0v) is 17.4. The van der Waals surface area contributed by atoms with Crippen molar-refractivity contribution in [1.82, 2.24) is 20.9 Å². The lowest BCUT2D eigenvalue weighted by atomic mass is 10.2. The monoisotopic (exact) mass is 441 g/mol. The highest BCUT2D eigenvalue weighted by Crippen LogP contribution is 2.06. The molecular weight excluding hydrogens is 410 g/mol. The van der Waals surface area contributed by atoms with E-state index in [4.69, 9.17) is 16.6 Å². The molecule has 1 rings (SSSR count). The molecule has 0 radical (unpaired) electrons. The van der Waals surface area contributed by atoms with Crippen molar-refractivity contribution in [3.63, 3.8) is 0 Å². The number of carboxylic acids is 1. The normalized spacial score (nSPS) is 13.7. The van der Waals surface area contributed by atoms with Gasteiger partial charge in [0.25, 0.3) is 0 Å². The van der Waals surface area contributed by atoms with Gasteiger partial charge in [-0.3, -0.25) is 29.0 Å². The van der Waals surface area contributed by atoms with E-state index in [9.17, 15) is 24.0 Å². The second-order valence-electron chi connectivity index (χ2n) is 7.06. The van der Waals surface area contributed by atoms with Crippen LogP contribution in [-0.2, 0) is 24.0 Å². The number of nitrogens with zero attached hydrogens (tertiary/aromatic N) is 2. The van der Waals surface area contributed by atoms with Gasteiger partial charge >= 0.3 is 5.97 Å². The summed E-state index contributed by atoms with van der Waals surface area (Å²) in [5.74, 6) is -3.47. The first-order chi connectivity index (χ1) is 14.7. The van der Waals surface area contributed by atoms with Gasteiger partial charge in [0.05, 0.1) is 19.5 Å². The van der Waals surface area contributed by atoms with Gasteiger partial charge in [-0.2, -0.15) is 0 Å². The lowest BCUT2D eigenvalue weighted by molar-refractivity contribution is -0.141. The van der Waals surface area contributed by atoms with Crippen LogP contribution in [0.25, 0.3) is 0 Å². The molecule has 1 saturated heterocycles. The van der Waals surface area contributed by atoms with Crippen molar-refractivity contribution in [2.24, 2.45) is 16.5 Å². The second-order valence-corrected chi connectivity index (χ2v) is 7.06. The fourth-order valence-electron chi connectivity index (χ4n) is 2.87. The summed E-state index contributed by atoms with van der Waals surface area (Å²) in [7, 11) is 0. The Morgan fingerprint density at radius 2 is 1.65 bits per heavy atom. The topological polar surface area (TPSA) is 209 Å². The molecule has 13 heteroatoms. The van der Waals surface area contributed by atoms with Gasteiger partial charge in [0.1, 0.15) is 6.04 Å². The Labute approximate surface area is 180 Å². The van der Waals surface area contributed by atoms with Gasteiger partial charge in [-0.25, -0.2) is 0 Å². The summed E-state index contributed by atoms with van der Waals surface area (Å²) in [5.41, 5.74) is 10.4. The summed E-state index contributed by atoms with van der Waals surface area (Å²) in [4.78, 5) is 64.4. The van der Waals surface area contributed by atoms with E-state index in [2.05, 4.69) is 20.9 Å². The van der Waals surface area contributed by atoms with E-state index >= 15 is 0 Å². The zero-order chi connectivity index (χ0) is 23.2. The van der Waals surface area contributed by atoms with Crippen LogP contribution in [0.2, 0.25) is 0 Å². The van der Waals surface area contributed by atoms with Crippen molar-refractivity contribution in [3.05, 3.63) is 0 Å². The minimum absolute atomic E-state index is 0.0264. The first-order valence-electron chi connectivity index (χ1n) is 10.1. The predicted octanol–water partition coefficient (Wildman–Crippen LogP) is -2.76.